The fourth-order valence-corrected chi connectivity index (χ4v) is 2.63. The molecule has 0 bridgehead atoms. The highest BCUT2D eigenvalue weighted by Gasteiger charge is 2.16. The Labute approximate surface area is 118 Å². The fraction of sp³-hybridized carbons (Fsp3) is 0.538. The van der Waals surface area contributed by atoms with Crippen LogP contribution in [0, 0.1) is 20.8 Å². The van der Waals surface area contributed by atoms with E-state index in [1.165, 1.54) is 5.56 Å². The van der Waals surface area contributed by atoms with Crippen molar-refractivity contribution < 1.29 is 0 Å². The van der Waals surface area contributed by atoms with Crippen molar-refractivity contribution >= 4 is 11.6 Å². The van der Waals surface area contributed by atoms with Gasteiger partial charge in [0.05, 0.1) is 17.9 Å². The highest BCUT2D eigenvalue weighted by Crippen LogP contribution is 2.22. The minimum Gasteiger partial charge on any atom is -0.330 e. The molecule has 0 unspecified atom stereocenters. The van der Waals surface area contributed by atoms with Crippen molar-refractivity contribution in [3.63, 3.8) is 0 Å². The first-order chi connectivity index (χ1) is 8.95. The quantitative estimate of drug-likeness (QED) is 0.929. The number of nitrogens with two attached hydrogens (primary N) is 1. The first kappa shape index (κ1) is 14.1. The summed E-state index contributed by atoms with van der Waals surface area (Å²) in [5, 5.41) is 9.58. The molecule has 5 nitrogen and oxygen atoms in total. The molecule has 0 aliphatic heterocycles. The van der Waals surface area contributed by atoms with Gasteiger partial charge in [0, 0.05) is 18.3 Å². The third kappa shape index (κ3) is 2.53. The number of nitrogens with zero attached hydrogens (tertiary/aromatic N) is 4. The monoisotopic (exact) mass is 281 g/mol. The minimum absolute atomic E-state index is 0.639. The molecule has 0 aliphatic carbocycles. The third-order valence-corrected chi connectivity index (χ3v) is 3.98. The average Bonchev–Trinajstić information content (AvgIpc) is 2.75. The zero-order chi connectivity index (χ0) is 14.2. The molecule has 104 valence electrons. The summed E-state index contributed by atoms with van der Waals surface area (Å²) in [5.41, 5.74) is 11.0. The average molecular weight is 282 g/mol. The Hall–Kier alpha value is -1.33. The molecule has 6 heteroatoms. The standard InChI is InChI=1S/C13H20ClN5/c1-8-11(5-6-15)10(3)19(17-8)7-12-9(2)16-18(4)13(12)14/h5-7,15H2,1-4H3. The Morgan fingerprint density at radius 3 is 2.26 bits per heavy atom. The highest BCUT2D eigenvalue weighted by molar-refractivity contribution is 6.30. The Bertz CT molecular complexity index is 597. The van der Waals surface area contributed by atoms with Crippen molar-refractivity contribution in [2.75, 3.05) is 6.54 Å². The van der Waals surface area contributed by atoms with E-state index in [1.54, 1.807) is 4.68 Å². The van der Waals surface area contributed by atoms with Crippen LogP contribution in [-0.4, -0.2) is 26.1 Å². The first-order valence-electron chi connectivity index (χ1n) is 6.36. The normalized spacial score (nSPS) is 11.3. The lowest BCUT2D eigenvalue weighted by atomic mass is 10.1. The Balaban J connectivity index is 2.36. The number of aryl methyl sites for hydroxylation is 3. The summed E-state index contributed by atoms with van der Waals surface area (Å²) in [4.78, 5) is 0. The van der Waals surface area contributed by atoms with Crippen molar-refractivity contribution in [1.82, 2.24) is 19.6 Å². The Kier molecular flexibility index (Phi) is 3.96. The Morgan fingerprint density at radius 2 is 1.74 bits per heavy atom. The zero-order valence-corrected chi connectivity index (χ0v) is 12.6. The molecule has 0 amide bonds. The van der Waals surface area contributed by atoms with Crippen molar-refractivity contribution in [1.29, 1.82) is 0 Å². The van der Waals surface area contributed by atoms with Crippen LogP contribution < -0.4 is 5.73 Å². The van der Waals surface area contributed by atoms with Crippen molar-refractivity contribution in [3.8, 4) is 0 Å². The summed E-state index contributed by atoms with van der Waals surface area (Å²) in [6.07, 6.45) is 0.859. The van der Waals surface area contributed by atoms with Crippen LogP contribution in [0.25, 0.3) is 0 Å². The van der Waals surface area contributed by atoms with Crippen molar-refractivity contribution in [2.45, 2.75) is 33.7 Å². The number of rotatable bonds is 4. The van der Waals surface area contributed by atoms with Gasteiger partial charge in [-0.25, -0.2) is 0 Å². The highest BCUT2D eigenvalue weighted by atomic mass is 35.5. The molecule has 0 aliphatic rings. The Morgan fingerprint density at radius 1 is 1.11 bits per heavy atom. The molecule has 0 aromatic carbocycles. The molecule has 0 saturated carbocycles. The molecule has 2 aromatic rings. The third-order valence-electron chi connectivity index (χ3n) is 3.50. The van der Waals surface area contributed by atoms with Crippen LogP contribution in [0.3, 0.4) is 0 Å². The van der Waals surface area contributed by atoms with Crippen LogP contribution in [-0.2, 0) is 20.0 Å². The second kappa shape index (κ2) is 5.35. The topological polar surface area (TPSA) is 61.7 Å². The second-order valence-corrected chi connectivity index (χ2v) is 5.18. The maximum absolute atomic E-state index is 6.26. The van der Waals surface area contributed by atoms with Crippen LogP contribution in [0.5, 0.6) is 0 Å². The summed E-state index contributed by atoms with van der Waals surface area (Å²) in [7, 11) is 1.85. The SMILES string of the molecule is Cc1nn(C)c(Cl)c1Cn1nc(C)c(CCN)c1C. The van der Waals surface area contributed by atoms with E-state index in [0.29, 0.717) is 18.2 Å². The van der Waals surface area contributed by atoms with E-state index in [-0.39, 0.29) is 0 Å². The van der Waals surface area contributed by atoms with Gasteiger partial charge in [0.15, 0.2) is 0 Å². The second-order valence-electron chi connectivity index (χ2n) is 4.82. The van der Waals surface area contributed by atoms with Crippen LogP contribution in [0.1, 0.15) is 28.2 Å². The largest absolute Gasteiger partial charge is 0.330 e. The van der Waals surface area contributed by atoms with E-state index in [1.807, 2.05) is 25.6 Å². The van der Waals surface area contributed by atoms with Crippen LogP contribution >= 0.6 is 11.6 Å². The van der Waals surface area contributed by atoms with Gasteiger partial charge in [-0.1, -0.05) is 11.6 Å². The maximum Gasteiger partial charge on any atom is 0.132 e. The fourth-order valence-electron chi connectivity index (χ4n) is 2.40. The van der Waals surface area contributed by atoms with E-state index in [9.17, 15) is 0 Å². The van der Waals surface area contributed by atoms with Crippen LogP contribution in [0.2, 0.25) is 5.15 Å². The summed E-state index contributed by atoms with van der Waals surface area (Å²) >= 11 is 6.26. The predicted octanol–water partition coefficient (Wildman–Crippen LogP) is 1.74. The minimum atomic E-state index is 0.639. The number of halogens is 1. The molecule has 2 N–H and O–H groups in total. The van der Waals surface area contributed by atoms with Crippen LogP contribution in [0.15, 0.2) is 0 Å². The van der Waals surface area contributed by atoms with Gasteiger partial charge < -0.3 is 5.73 Å². The van der Waals surface area contributed by atoms with Crippen molar-refractivity contribution in [2.24, 2.45) is 12.8 Å². The van der Waals surface area contributed by atoms with Gasteiger partial charge in [-0.2, -0.15) is 10.2 Å². The predicted molar refractivity (Wildman–Crippen MR) is 76.5 cm³/mol. The molecule has 2 rings (SSSR count). The lowest BCUT2D eigenvalue weighted by Crippen LogP contribution is -2.07. The molecule has 0 fully saturated rings. The number of hydrogen-bond donors (Lipinski definition) is 1. The zero-order valence-electron chi connectivity index (χ0n) is 11.9. The smallest absolute Gasteiger partial charge is 0.132 e. The molecule has 2 aromatic heterocycles. The molecule has 19 heavy (non-hydrogen) atoms. The molecule has 0 radical (unpaired) electrons. The van der Waals surface area contributed by atoms with Crippen LogP contribution in [0.4, 0.5) is 0 Å². The summed E-state index contributed by atoms with van der Waals surface area (Å²) < 4.78 is 3.68. The van der Waals surface area contributed by atoms with E-state index in [2.05, 4.69) is 17.1 Å². The van der Waals surface area contributed by atoms with Gasteiger partial charge in [-0.3, -0.25) is 9.36 Å². The summed E-state index contributed by atoms with van der Waals surface area (Å²) in [6.45, 7) is 7.35. The van der Waals surface area contributed by atoms with E-state index >= 15 is 0 Å². The van der Waals surface area contributed by atoms with Gasteiger partial charge in [0.2, 0.25) is 0 Å². The summed E-state index contributed by atoms with van der Waals surface area (Å²) in [5.74, 6) is 0. The van der Waals surface area contributed by atoms with Gasteiger partial charge in [-0.15, -0.1) is 0 Å². The number of aromatic nitrogens is 4. The molecular weight excluding hydrogens is 262 g/mol. The van der Waals surface area contributed by atoms with Gasteiger partial charge in [-0.05, 0) is 39.3 Å². The molecule has 0 saturated heterocycles. The van der Waals surface area contributed by atoms with Gasteiger partial charge in [0.25, 0.3) is 0 Å². The molecule has 0 spiro atoms. The lowest BCUT2D eigenvalue weighted by Gasteiger charge is -2.05. The molecular formula is C13H20ClN5. The lowest BCUT2D eigenvalue weighted by molar-refractivity contribution is 0.655. The van der Waals surface area contributed by atoms with E-state index in [4.69, 9.17) is 17.3 Å². The first-order valence-corrected chi connectivity index (χ1v) is 6.74. The maximum atomic E-state index is 6.26. The number of hydrogen-bond acceptors (Lipinski definition) is 3. The van der Waals surface area contributed by atoms with Crippen molar-refractivity contribution in [3.05, 3.63) is 33.4 Å². The summed E-state index contributed by atoms with van der Waals surface area (Å²) in [6, 6.07) is 0. The molecule has 2 heterocycles. The van der Waals surface area contributed by atoms with E-state index < -0.39 is 0 Å². The van der Waals surface area contributed by atoms with Gasteiger partial charge >= 0.3 is 0 Å². The van der Waals surface area contributed by atoms with Gasteiger partial charge in [0.1, 0.15) is 5.15 Å². The van der Waals surface area contributed by atoms with E-state index in [0.717, 1.165) is 29.1 Å². The molecule has 0 atom stereocenters.